The number of rotatable bonds is 54. The third-order valence-electron chi connectivity index (χ3n) is 13.1. The van der Waals surface area contributed by atoms with Crippen molar-refractivity contribution in [2.75, 3.05) is 40.9 Å². The van der Waals surface area contributed by atoms with Gasteiger partial charge in [-0.2, -0.15) is 0 Å². The molecule has 0 aliphatic rings. The summed E-state index contributed by atoms with van der Waals surface area (Å²) in [5, 5.41) is 13.9. The second kappa shape index (κ2) is 53.5. The first-order chi connectivity index (χ1) is 35.0. The zero-order valence-electron chi connectivity index (χ0n) is 47.6. The van der Waals surface area contributed by atoms with E-state index in [4.69, 9.17) is 9.05 Å². The highest BCUT2D eigenvalue weighted by molar-refractivity contribution is 7.45. The Morgan fingerprint density at radius 1 is 0.500 bits per heavy atom. The summed E-state index contributed by atoms with van der Waals surface area (Å²) in [7, 11) is 1.24. The van der Waals surface area contributed by atoms with Crippen molar-refractivity contribution in [1.82, 2.24) is 5.32 Å². The zero-order chi connectivity index (χ0) is 52.7. The summed E-state index contributed by atoms with van der Waals surface area (Å²) in [4.78, 5) is 25.5. The molecular weight excluding hydrogens is 912 g/mol. The highest BCUT2D eigenvalue weighted by atomic mass is 31.2. The van der Waals surface area contributed by atoms with Gasteiger partial charge in [-0.15, -0.1) is 0 Å². The number of hydrogen-bond donors (Lipinski definition) is 2. The van der Waals surface area contributed by atoms with Gasteiger partial charge in [-0.05, 0) is 77.0 Å². The summed E-state index contributed by atoms with van der Waals surface area (Å²) in [6.45, 7) is 4.52. The molecule has 0 rings (SSSR count). The molecule has 0 spiro atoms. The lowest BCUT2D eigenvalue weighted by atomic mass is 10.0. The number of carbonyl (C=O) groups excluding carboxylic acids is 1. The Bertz CT molecular complexity index is 1450. The van der Waals surface area contributed by atoms with Crippen LogP contribution in [0.3, 0.4) is 0 Å². The second-order valence-electron chi connectivity index (χ2n) is 21.3. The van der Waals surface area contributed by atoms with E-state index in [-0.39, 0.29) is 12.5 Å². The number of carbonyl (C=O) groups is 1. The van der Waals surface area contributed by atoms with Crippen LogP contribution >= 0.6 is 7.82 Å². The monoisotopic (exact) mass is 1030 g/mol. The van der Waals surface area contributed by atoms with E-state index >= 15 is 0 Å². The van der Waals surface area contributed by atoms with E-state index in [9.17, 15) is 19.4 Å². The fraction of sp³-hybridized carbons (Fsp3) is 0.762. The predicted molar refractivity (Wildman–Crippen MR) is 311 cm³/mol. The molecule has 3 unspecified atom stereocenters. The molecule has 72 heavy (non-hydrogen) atoms. The van der Waals surface area contributed by atoms with E-state index in [1.807, 2.05) is 27.2 Å². The maximum Gasteiger partial charge on any atom is 0.268 e. The molecule has 0 fully saturated rings. The summed E-state index contributed by atoms with van der Waals surface area (Å²) in [6.07, 6.45) is 75.3. The van der Waals surface area contributed by atoms with Crippen molar-refractivity contribution >= 4 is 13.7 Å². The van der Waals surface area contributed by atoms with Crippen molar-refractivity contribution in [3.05, 3.63) is 85.1 Å². The summed E-state index contributed by atoms with van der Waals surface area (Å²) in [5.74, 6) is -0.207. The summed E-state index contributed by atoms with van der Waals surface area (Å²) >= 11 is 0. The number of allylic oxidation sites excluding steroid dienone is 13. The summed E-state index contributed by atoms with van der Waals surface area (Å²) in [5.41, 5.74) is 0. The molecule has 2 N–H and O–H groups in total. The van der Waals surface area contributed by atoms with Crippen molar-refractivity contribution < 1.29 is 32.9 Å². The third-order valence-corrected chi connectivity index (χ3v) is 14.1. The van der Waals surface area contributed by atoms with Crippen LogP contribution in [0.4, 0.5) is 0 Å². The quantitative estimate of drug-likeness (QED) is 0.0272. The highest BCUT2D eigenvalue weighted by Gasteiger charge is 2.23. The van der Waals surface area contributed by atoms with Crippen LogP contribution in [0.5, 0.6) is 0 Å². The average Bonchev–Trinajstić information content (AvgIpc) is 3.34. The fourth-order valence-electron chi connectivity index (χ4n) is 8.43. The van der Waals surface area contributed by atoms with Gasteiger partial charge < -0.3 is 28.8 Å². The maximum atomic E-state index is 13.0. The first-order valence-electron chi connectivity index (χ1n) is 29.9. The van der Waals surface area contributed by atoms with Gasteiger partial charge in [0.05, 0.1) is 39.9 Å². The van der Waals surface area contributed by atoms with Crippen molar-refractivity contribution in [2.24, 2.45) is 0 Å². The molecule has 0 aromatic heterocycles. The second-order valence-corrected chi connectivity index (χ2v) is 22.7. The van der Waals surface area contributed by atoms with Gasteiger partial charge in [0.1, 0.15) is 13.2 Å². The zero-order valence-corrected chi connectivity index (χ0v) is 48.5. The Labute approximate surface area is 446 Å². The number of phosphoric ester groups is 1. The Hall–Kier alpha value is -2.32. The Balaban J connectivity index is 4.11. The summed E-state index contributed by atoms with van der Waals surface area (Å²) < 4.78 is 23.3. The number of phosphoric acid groups is 1. The lowest BCUT2D eigenvalue weighted by Gasteiger charge is -2.29. The largest absolute Gasteiger partial charge is 0.756 e. The Morgan fingerprint density at radius 2 is 0.861 bits per heavy atom. The number of nitrogens with one attached hydrogen (secondary N) is 1. The number of aliphatic hydroxyl groups is 1. The van der Waals surface area contributed by atoms with Crippen LogP contribution < -0.4 is 10.2 Å². The first kappa shape index (κ1) is 69.7. The van der Waals surface area contributed by atoms with Crippen LogP contribution in [0, 0.1) is 0 Å². The minimum Gasteiger partial charge on any atom is -0.756 e. The van der Waals surface area contributed by atoms with E-state index in [0.29, 0.717) is 17.4 Å². The molecule has 0 aliphatic heterocycles. The molecule has 8 nitrogen and oxygen atoms in total. The van der Waals surface area contributed by atoms with Gasteiger partial charge in [-0.25, -0.2) is 0 Å². The van der Waals surface area contributed by atoms with Crippen LogP contribution in [-0.4, -0.2) is 68.5 Å². The van der Waals surface area contributed by atoms with E-state index < -0.39 is 26.6 Å². The Kier molecular flexibility index (Phi) is 51.8. The van der Waals surface area contributed by atoms with E-state index in [2.05, 4.69) is 92.1 Å². The molecular formula is C63H115N2O6P. The highest BCUT2D eigenvalue weighted by Crippen LogP contribution is 2.38. The first-order valence-corrected chi connectivity index (χ1v) is 31.4. The van der Waals surface area contributed by atoms with Gasteiger partial charge in [0.25, 0.3) is 7.82 Å². The molecule has 0 aromatic rings. The molecule has 0 saturated carbocycles. The van der Waals surface area contributed by atoms with E-state index in [0.717, 1.165) is 70.6 Å². The SMILES string of the molecule is CC/C=C\C/C=C\C/C=C\C/C=C\C/C=C\CCCCCCCCCCCCCCCCCCCC(=O)NC(COP(=O)([O-])OCC[N+](C)(C)C)C(O)/C=C/CC/C=C/CCCCCCCCCCCCC. The lowest BCUT2D eigenvalue weighted by Crippen LogP contribution is -2.45. The standard InChI is InChI=1S/C63H115N2O6P/c1-6-8-10-12-14-16-18-20-22-24-25-26-27-28-29-30-31-32-33-34-35-36-37-38-39-41-43-45-47-49-51-53-55-57-63(67)64-61(60-71-72(68,69)70-59-58-65(3,4)5)62(66)56-54-52-50-48-46-44-42-40-23-21-19-17-15-13-11-9-7-2/h8,10,14,16,20,22,25-26,28-29,46,48,54,56,61-62,66H,6-7,9,11-13,15,17-19,21,23-24,27,30-45,47,49-53,55,57-60H2,1-5H3,(H-,64,67,68,69)/b10-8-,16-14-,22-20-,26-25-,29-28-,48-46+,56-54+. The number of quaternary nitrogens is 1. The van der Waals surface area contributed by atoms with Crippen molar-refractivity contribution in [1.29, 1.82) is 0 Å². The van der Waals surface area contributed by atoms with Crippen LogP contribution in [0.15, 0.2) is 85.1 Å². The van der Waals surface area contributed by atoms with Gasteiger partial charge in [0, 0.05) is 6.42 Å². The van der Waals surface area contributed by atoms with Gasteiger partial charge in [-0.1, -0.05) is 259 Å². The number of likely N-dealkylation sites (N-methyl/N-ethyl adjacent to an activating group) is 1. The van der Waals surface area contributed by atoms with Crippen molar-refractivity contribution in [2.45, 2.75) is 270 Å². The number of hydrogen-bond acceptors (Lipinski definition) is 6. The summed E-state index contributed by atoms with van der Waals surface area (Å²) in [6, 6.07) is -0.906. The average molecular weight is 1030 g/mol. The molecule has 0 bridgehead atoms. The maximum absolute atomic E-state index is 13.0. The molecule has 418 valence electrons. The van der Waals surface area contributed by atoms with Gasteiger partial charge in [-0.3, -0.25) is 9.36 Å². The topological polar surface area (TPSA) is 108 Å². The minimum atomic E-state index is -4.61. The fourth-order valence-corrected chi connectivity index (χ4v) is 9.16. The van der Waals surface area contributed by atoms with E-state index in [1.54, 1.807) is 6.08 Å². The number of aliphatic hydroxyl groups excluding tert-OH is 1. The van der Waals surface area contributed by atoms with Gasteiger partial charge in [0.2, 0.25) is 5.91 Å². The Morgan fingerprint density at radius 3 is 1.29 bits per heavy atom. The molecule has 9 heteroatoms. The molecule has 0 aliphatic carbocycles. The van der Waals surface area contributed by atoms with Gasteiger partial charge in [0.15, 0.2) is 0 Å². The van der Waals surface area contributed by atoms with Crippen molar-refractivity contribution in [3.63, 3.8) is 0 Å². The van der Waals surface area contributed by atoms with Crippen LogP contribution in [-0.2, 0) is 18.4 Å². The third kappa shape index (κ3) is 55.4. The molecule has 1 amide bonds. The van der Waals surface area contributed by atoms with Crippen LogP contribution in [0.1, 0.15) is 258 Å². The molecule has 0 aromatic carbocycles. The number of unbranched alkanes of at least 4 members (excludes halogenated alkanes) is 29. The van der Waals surface area contributed by atoms with Crippen molar-refractivity contribution in [3.8, 4) is 0 Å². The minimum absolute atomic E-state index is 0.00811. The number of amides is 1. The smallest absolute Gasteiger partial charge is 0.268 e. The van der Waals surface area contributed by atoms with E-state index in [1.165, 1.54) is 167 Å². The predicted octanol–water partition coefficient (Wildman–Crippen LogP) is 17.8. The lowest BCUT2D eigenvalue weighted by molar-refractivity contribution is -0.870. The number of nitrogens with zero attached hydrogens (tertiary/aromatic N) is 1. The molecule has 0 saturated heterocycles. The molecule has 3 atom stereocenters. The van der Waals surface area contributed by atoms with Crippen LogP contribution in [0.2, 0.25) is 0 Å². The van der Waals surface area contributed by atoms with Gasteiger partial charge >= 0.3 is 0 Å². The van der Waals surface area contributed by atoms with Crippen LogP contribution in [0.25, 0.3) is 0 Å². The molecule has 0 radical (unpaired) electrons. The normalized spacial score (nSPS) is 14.5. The molecule has 0 heterocycles.